The van der Waals surface area contributed by atoms with Crippen LogP contribution in [0.1, 0.15) is 26.2 Å². The molecule has 0 radical (unpaired) electrons. The van der Waals surface area contributed by atoms with Crippen LogP contribution in [0, 0.1) is 5.92 Å². The van der Waals surface area contributed by atoms with E-state index < -0.39 is 0 Å². The second-order valence-corrected chi connectivity index (χ2v) is 5.15. The molecular formula is C13H26N2O2. The molecule has 4 heteroatoms. The van der Waals surface area contributed by atoms with E-state index in [0.717, 1.165) is 58.7 Å². The van der Waals surface area contributed by atoms with E-state index in [1.54, 1.807) is 0 Å². The smallest absolute Gasteiger partial charge is 0.0700 e. The van der Waals surface area contributed by atoms with E-state index in [1.165, 1.54) is 0 Å². The van der Waals surface area contributed by atoms with Gasteiger partial charge < -0.3 is 15.2 Å². The minimum absolute atomic E-state index is 0.401. The molecule has 2 N–H and O–H groups in total. The van der Waals surface area contributed by atoms with Crippen LogP contribution in [0.2, 0.25) is 0 Å². The Bertz CT molecular complexity index is 219. The fourth-order valence-electron chi connectivity index (χ4n) is 3.03. The number of rotatable bonds is 4. The summed E-state index contributed by atoms with van der Waals surface area (Å²) in [7, 11) is 0. The van der Waals surface area contributed by atoms with Crippen molar-refractivity contribution in [3.63, 3.8) is 0 Å². The molecule has 2 fully saturated rings. The summed E-state index contributed by atoms with van der Waals surface area (Å²) in [4.78, 5) is 2.55. The van der Waals surface area contributed by atoms with Gasteiger partial charge in [-0.15, -0.1) is 0 Å². The summed E-state index contributed by atoms with van der Waals surface area (Å²) >= 11 is 0. The molecule has 2 heterocycles. The van der Waals surface area contributed by atoms with Crippen LogP contribution in [0.4, 0.5) is 0 Å². The molecule has 2 unspecified atom stereocenters. The molecule has 0 aliphatic carbocycles. The molecule has 0 aromatic carbocycles. The maximum Gasteiger partial charge on any atom is 0.0700 e. The van der Waals surface area contributed by atoms with Gasteiger partial charge in [-0.05, 0) is 25.2 Å². The SMILES string of the molecule is CCC1CN(C(CN)C2CCOCC2)CCO1. The van der Waals surface area contributed by atoms with Crippen molar-refractivity contribution in [2.75, 3.05) is 39.5 Å². The molecule has 2 aliphatic heterocycles. The summed E-state index contributed by atoms with van der Waals surface area (Å²) in [6.07, 6.45) is 3.82. The van der Waals surface area contributed by atoms with Crippen LogP contribution in [0.15, 0.2) is 0 Å². The van der Waals surface area contributed by atoms with Crippen molar-refractivity contribution >= 4 is 0 Å². The summed E-state index contributed by atoms with van der Waals surface area (Å²) in [6.45, 7) is 7.72. The van der Waals surface area contributed by atoms with Crippen molar-refractivity contribution in [1.82, 2.24) is 4.90 Å². The Morgan fingerprint density at radius 3 is 2.71 bits per heavy atom. The number of hydrogen-bond donors (Lipinski definition) is 1. The molecule has 2 saturated heterocycles. The van der Waals surface area contributed by atoms with E-state index in [1.807, 2.05) is 0 Å². The van der Waals surface area contributed by atoms with E-state index in [4.69, 9.17) is 15.2 Å². The molecular weight excluding hydrogens is 216 g/mol. The molecule has 4 nitrogen and oxygen atoms in total. The third-order valence-corrected chi connectivity index (χ3v) is 4.15. The van der Waals surface area contributed by atoms with Gasteiger partial charge in [0.15, 0.2) is 0 Å². The van der Waals surface area contributed by atoms with Crippen LogP contribution in [-0.4, -0.2) is 56.5 Å². The van der Waals surface area contributed by atoms with E-state index in [-0.39, 0.29) is 0 Å². The minimum Gasteiger partial charge on any atom is -0.381 e. The summed E-state index contributed by atoms with van der Waals surface area (Å²) in [5.41, 5.74) is 6.00. The second-order valence-electron chi connectivity index (χ2n) is 5.15. The zero-order valence-electron chi connectivity index (χ0n) is 10.9. The van der Waals surface area contributed by atoms with Crippen molar-refractivity contribution in [3.8, 4) is 0 Å². The number of hydrogen-bond acceptors (Lipinski definition) is 4. The first-order chi connectivity index (χ1) is 8.35. The molecule has 0 saturated carbocycles. The highest BCUT2D eigenvalue weighted by Gasteiger charge is 2.31. The first-order valence-corrected chi connectivity index (χ1v) is 6.98. The maximum atomic E-state index is 6.00. The Morgan fingerprint density at radius 1 is 1.29 bits per heavy atom. The molecule has 100 valence electrons. The second kappa shape index (κ2) is 6.69. The van der Waals surface area contributed by atoms with Crippen molar-refractivity contribution in [2.24, 2.45) is 11.7 Å². The topological polar surface area (TPSA) is 47.7 Å². The summed E-state index contributed by atoms with van der Waals surface area (Å²) in [6, 6.07) is 0.525. The van der Waals surface area contributed by atoms with Gasteiger partial charge >= 0.3 is 0 Å². The lowest BCUT2D eigenvalue weighted by Gasteiger charge is -2.42. The number of morpholine rings is 1. The standard InChI is InChI=1S/C13H26N2O2/c1-2-12-10-15(5-8-17-12)13(9-14)11-3-6-16-7-4-11/h11-13H,2-10,14H2,1H3. The van der Waals surface area contributed by atoms with E-state index in [9.17, 15) is 0 Å². The highest BCUT2D eigenvalue weighted by Crippen LogP contribution is 2.24. The van der Waals surface area contributed by atoms with Crippen LogP contribution in [0.5, 0.6) is 0 Å². The highest BCUT2D eigenvalue weighted by atomic mass is 16.5. The van der Waals surface area contributed by atoms with Gasteiger partial charge in [0, 0.05) is 38.9 Å². The Balaban J connectivity index is 1.91. The van der Waals surface area contributed by atoms with Crippen molar-refractivity contribution in [2.45, 2.75) is 38.3 Å². The highest BCUT2D eigenvalue weighted by molar-refractivity contribution is 4.85. The molecule has 0 aromatic rings. The largest absolute Gasteiger partial charge is 0.381 e. The summed E-state index contributed by atoms with van der Waals surface area (Å²) in [5, 5.41) is 0. The van der Waals surface area contributed by atoms with Gasteiger partial charge in [0.25, 0.3) is 0 Å². The van der Waals surface area contributed by atoms with Crippen LogP contribution in [0.3, 0.4) is 0 Å². The third-order valence-electron chi connectivity index (χ3n) is 4.15. The Hall–Kier alpha value is -0.160. The molecule has 0 bridgehead atoms. The monoisotopic (exact) mass is 242 g/mol. The lowest BCUT2D eigenvalue weighted by atomic mass is 9.90. The Morgan fingerprint density at radius 2 is 2.06 bits per heavy atom. The van der Waals surface area contributed by atoms with Crippen LogP contribution < -0.4 is 5.73 Å². The van der Waals surface area contributed by atoms with Crippen molar-refractivity contribution in [1.29, 1.82) is 0 Å². The molecule has 0 spiro atoms. The van der Waals surface area contributed by atoms with E-state index in [2.05, 4.69) is 11.8 Å². The average molecular weight is 242 g/mol. The van der Waals surface area contributed by atoms with E-state index >= 15 is 0 Å². The molecule has 2 atom stereocenters. The predicted octanol–water partition coefficient (Wildman–Crippen LogP) is 0.851. The van der Waals surface area contributed by atoms with Gasteiger partial charge in [0.05, 0.1) is 12.7 Å². The van der Waals surface area contributed by atoms with E-state index in [0.29, 0.717) is 18.1 Å². The normalized spacial score (nSPS) is 30.4. The zero-order chi connectivity index (χ0) is 12.1. The van der Waals surface area contributed by atoms with Gasteiger partial charge in [0.2, 0.25) is 0 Å². The maximum absolute atomic E-state index is 6.00. The minimum atomic E-state index is 0.401. The number of ether oxygens (including phenoxy) is 2. The molecule has 2 rings (SSSR count). The van der Waals surface area contributed by atoms with Crippen LogP contribution >= 0.6 is 0 Å². The average Bonchev–Trinajstić information content (AvgIpc) is 2.41. The molecule has 0 amide bonds. The molecule has 0 aromatic heterocycles. The summed E-state index contributed by atoms with van der Waals surface area (Å²) < 4.78 is 11.2. The van der Waals surface area contributed by atoms with Crippen molar-refractivity contribution < 1.29 is 9.47 Å². The zero-order valence-corrected chi connectivity index (χ0v) is 10.9. The quantitative estimate of drug-likeness (QED) is 0.794. The van der Waals surface area contributed by atoms with Gasteiger partial charge in [-0.2, -0.15) is 0 Å². The first kappa shape index (κ1) is 13.3. The van der Waals surface area contributed by atoms with Crippen LogP contribution in [0.25, 0.3) is 0 Å². The van der Waals surface area contributed by atoms with Crippen molar-refractivity contribution in [3.05, 3.63) is 0 Å². The Labute approximate surface area is 104 Å². The van der Waals surface area contributed by atoms with Crippen LogP contribution in [-0.2, 0) is 9.47 Å². The summed E-state index contributed by atoms with van der Waals surface area (Å²) in [5.74, 6) is 0.712. The lowest BCUT2D eigenvalue weighted by molar-refractivity contribution is -0.0611. The van der Waals surface area contributed by atoms with Gasteiger partial charge in [-0.3, -0.25) is 4.90 Å². The van der Waals surface area contributed by atoms with Gasteiger partial charge in [0.1, 0.15) is 0 Å². The molecule has 2 aliphatic rings. The van der Waals surface area contributed by atoms with Gasteiger partial charge in [-0.1, -0.05) is 6.92 Å². The Kier molecular flexibility index (Phi) is 5.22. The fourth-order valence-corrected chi connectivity index (χ4v) is 3.03. The number of nitrogens with two attached hydrogens (primary N) is 1. The lowest BCUT2D eigenvalue weighted by Crippen LogP contribution is -2.53. The first-order valence-electron chi connectivity index (χ1n) is 6.98. The molecule has 17 heavy (non-hydrogen) atoms. The third kappa shape index (κ3) is 3.41. The predicted molar refractivity (Wildman–Crippen MR) is 68.0 cm³/mol. The van der Waals surface area contributed by atoms with Gasteiger partial charge in [-0.25, -0.2) is 0 Å². The number of nitrogens with zero attached hydrogens (tertiary/aromatic N) is 1. The fraction of sp³-hybridized carbons (Fsp3) is 1.00.